The molecule has 0 spiro atoms. The summed E-state index contributed by atoms with van der Waals surface area (Å²) in [7, 11) is 1.80. The molecule has 144 valence electrons. The zero-order valence-corrected chi connectivity index (χ0v) is 17.3. The lowest BCUT2D eigenvalue weighted by atomic mass is 10.1. The van der Waals surface area contributed by atoms with E-state index < -0.39 is 11.7 Å². The lowest BCUT2D eigenvalue weighted by Gasteiger charge is -2.19. The maximum atomic E-state index is 11.5. The van der Waals surface area contributed by atoms with Gasteiger partial charge in [0.25, 0.3) is 0 Å². The maximum Gasteiger partial charge on any atom is 0.407 e. The third-order valence-electron chi connectivity index (χ3n) is 3.08. The second-order valence-electron chi connectivity index (χ2n) is 6.39. The van der Waals surface area contributed by atoms with Crippen molar-refractivity contribution < 1.29 is 14.3 Å². The molecule has 9 heteroatoms. The Morgan fingerprint density at radius 2 is 1.96 bits per heavy atom. The number of hydrogen-bond acceptors (Lipinski definition) is 4. The van der Waals surface area contributed by atoms with Gasteiger partial charge in [0.2, 0.25) is 5.88 Å². The van der Waals surface area contributed by atoms with Gasteiger partial charge in [-0.1, -0.05) is 23.2 Å². The number of carbonyl (C=O) groups is 1. The summed E-state index contributed by atoms with van der Waals surface area (Å²) in [4.78, 5) is 11.5. The van der Waals surface area contributed by atoms with Crippen LogP contribution >= 0.6 is 35.6 Å². The molecule has 0 aliphatic rings. The van der Waals surface area contributed by atoms with Gasteiger partial charge in [-0.05, 0) is 39.0 Å². The molecule has 1 aromatic heterocycles. The minimum absolute atomic E-state index is 0. The van der Waals surface area contributed by atoms with Gasteiger partial charge in [-0.3, -0.25) is 4.68 Å². The zero-order valence-electron chi connectivity index (χ0n) is 15.0. The standard InChI is InChI=1S/C17H21Cl2N3O3.ClH/c1-17(2,3)25-16(23)20-7-8-24-15-10-14(22(4)21-15)12-6-5-11(18)9-13(12)19;/h5-6,9-10H,7-8H2,1-4H3,(H,20,23);1H. The summed E-state index contributed by atoms with van der Waals surface area (Å²) in [5.74, 6) is 0.439. The van der Waals surface area contributed by atoms with Gasteiger partial charge in [-0.2, -0.15) is 0 Å². The average molecular weight is 423 g/mol. The van der Waals surface area contributed by atoms with E-state index in [2.05, 4.69) is 10.4 Å². The highest BCUT2D eigenvalue weighted by molar-refractivity contribution is 6.36. The average Bonchev–Trinajstić information content (AvgIpc) is 2.83. The topological polar surface area (TPSA) is 65.4 Å². The predicted molar refractivity (Wildman–Crippen MR) is 106 cm³/mol. The van der Waals surface area contributed by atoms with Crippen LogP contribution in [0.25, 0.3) is 11.3 Å². The van der Waals surface area contributed by atoms with Crippen LogP contribution in [0.15, 0.2) is 24.3 Å². The number of ether oxygens (including phenoxy) is 2. The molecule has 2 aromatic rings. The number of rotatable bonds is 5. The number of hydrogen-bond donors (Lipinski definition) is 1. The first-order chi connectivity index (χ1) is 11.7. The van der Waals surface area contributed by atoms with Crippen molar-refractivity contribution in [2.24, 2.45) is 7.05 Å². The van der Waals surface area contributed by atoms with E-state index in [9.17, 15) is 4.79 Å². The molecule has 1 amide bonds. The number of amides is 1. The number of nitrogens with one attached hydrogen (secondary N) is 1. The van der Waals surface area contributed by atoms with Crippen molar-refractivity contribution in [1.82, 2.24) is 15.1 Å². The van der Waals surface area contributed by atoms with Gasteiger partial charge in [0, 0.05) is 23.7 Å². The highest BCUT2D eigenvalue weighted by Crippen LogP contribution is 2.31. The second-order valence-corrected chi connectivity index (χ2v) is 7.24. The van der Waals surface area contributed by atoms with E-state index >= 15 is 0 Å². The van der Waals surface area contributed by atoms with Crippen molar-refractivity contribution >= 4 is 41.7 Å². The Kier molecular flexibility index (Phi) is 8.06. The first-order valence-electron chi connectivity index (χ1n) is 7.75. The van der Waals surface area contributed by atoms with Crippen LogP contribution in [-0.4, -0.2) is 34.6 Å². The van der Waals surface area contributed by atoms with E-state index in [-0.39, 0.29) is 19.0 Å². The van der Waals surface area contributed by atoms with Crippen molar-refractivity contribution in [3.8, 4) is 17.1 Å². The Hall–Kier alpha value is -1.63. The Morgan fingerprint density at radius 1 is 1.27 bits per heavy atom. The summed E-state index contributed by atoms with van der Waals surface area (Å²) in [5.41, 5.74) is 1.08. The van der Waals surface area contributed by atoms with Crippen LogP contribution in [0, 0.1) is 0 Å². The molecule has 1 heterocycles. The number of alkyl carbamates (subject to hydrolysis) is 1. The number of carbonyl (C=O) groups excluding carboxylic acids is 1. The smallest absolute Gasteiger partial charge is 0.407 e. The molecule has 6 nitrogen and oxygen atoms in total. The van der Waals surface area contributed by atoms with Crippen LogP contribution in [0.4, 0.5) is 4.79 Å². The van der Waals surface area contributed by atoms with E-state index in [0.29, 0.717) is 22.5 Å². The second kappa shape index (κ2) is 9.35. The third kappa shape index (κ3) is 6.59. The summed E-state index contributed by atoms with van der Waals surface area (Å²) in [5, 5.41) is 8.01. The number of aromatic nitrogens is 2. The monoisotopic (exact) mass is 421 g/mol. The molecule has 2 rings (SSSR count). The third-order valence-corrected chi connectivity index (χ3v) is 3.63. The Morgan fingerprint density at radius 3 is 2.58 bits per heavy atom. The van der Waals surface area contributed by atoms with Crippen LogP contribution in [0.3, 0.4) is 0 Å². The number of halogens is 3. The van der Waals surface area contributed by atoms with Crippen molar-refractivity contribution in [1.29, 1.82) is 0 Å². The maximum absolute atomic E-state index is 11.5. The van der Waals surface area contributed by atoms with E-state index in [1.54, 1.807) is 50.7 Å². The van der Waals surface area contributed by atoms with Crippen LogP contribution in [0.2, 0.25) is 10.0 Å². The largest absolute Gasteiger partial charge is 0.475 e. The molecule has 0 atom stereocenters. The molecule has 0 saturated carbocycles. The number of nitrogens with zero attached hydrogens (tertiary/aromatic N) is 2. The molecule has 0 aliphatic carbocycles. The van der Waals surface area contributed by atoms with Gasteiger partial charge < -0.3 is 14.8 Å². The van der Waals surface area contributed by atoms with Crippen molar-refractivity contribution in [2.45, 2.75) is 26.4 Å². The molecule has 0 unspecified atom stereocenters. The lowest BCUT2D eigenvalue weighted by molar-refractivity contribution is 0.0520. The number of benzene rings is 1. The van der Waals surface area contributed by atoms with E-state index in [4.69, 9.17) is 32.7 Å². The van der Waals surface area contributed by atoms with Gasteiger partial charge in [0.05, 0.1) is 17.3 Å². The molecule has 26 heavy (non-hydrogen) atoms. The minimum Gasteiger partial charge on any atom is -0.475 e. The van der Waals surface area contributed by atoms with E-state index in [0.717, 1.165) is 11.3 Å². The lowest BCUT2D eigenvalue weighted by Crippen LogP contribution is -2.34. The van der Waals surface area contributed by atoms with Gasteiger partial charge in [0.15, 0.2) is 0 Å². The SMILES string of the molecule is Cl.Cn1nc(OCCNC(=O)OC(C)(C)C)cc1-c1ccc(Cl)cc1Cl. The summed E-state index contributed by atoms with van der Waals surface area (Å²) >= 11 is 12.2. The fraction of sp³-hybridized carbons (Fsp3) is 0.412. The highest BCUT2D eigenvalue weighted by Gasteiger charge is 2.16. The minimum atomic E-state index is -0.529. The van der Waals surface area contributed by atoms with E-state index in [1.807, 2.05) is 6.07 Å². The summed E-state index contributed by atoms with van der Waals surface area (Å²) in [6.07, 6.45) is -0.481. The van der Waals surface area contributed by atoms with Gasteiger partial charge in [0.1, 0.15) is 12.2 Å². The quantitative estimate of drug-likeness (QED) is 0.708. The van der Waals surface area contributed by atoms with Crippen LogP contribution in [-0.2, 0) is 11.8 Å². The Bertz CT molecular complexity index is 757. The molecule has 0 bridgehead atoms. The van der Waals surface area contributed by atoms with Crippen molar-refractivity contribution in [2.75, 3.05) is 13.2 Å². The molecule has 0 radical (unpaired) electrons. The predicted octanol–water partition coefficient (Wildman–Crippen LogP) is 4.72. The molecule has 0 saturated heterocycles. The normalized spacial score (nSPS) is 10.8. The van der Waals surface area contributed by atoms with Crippen molar-refractivity contribution in [3.63, 3.8) is 0 Å². The van der Waals surface area contributed by atoms with Crippen LogP contribution in [0.1, 0.15) is 20.8 Å². The first kappa shape index (κ1) is 22.4. The first-order valence-corrected chi connectivity index (χ1v) is 8.50. The van der Waals surface area contributed by atoms with Gasteiger partial charge >= 0.3 is 6.09 Å². The zero-order chi connectivity index (χ0) is 18.6. The fourth-order valence-corrected chi connectivity index (χ4v) is 2.59. The summed E-state index contributed by atoms with van der Waals surface area (Å²) < 4.78 is 12.4. The molecule has 0 aliphatic heterocycles. The fourth-order valence-electron chi connectivity index (χ4n) is 2.08. The summed E-state index contributed by atoms with van der Waals surface area (Å²) in [6, 6.07) is 7.05. The van der Waals surface area contributed by atoms with E-state index in [1.165, 1.54) is 0 Å². The van der Waals surface area contributed by atoms with Crippen LogP contribution in [0.5, 0.6) is 5.88 Å². The summed E-state index contributed by atoms with van der Waals surface area (Å²) in [6.45, 7) is 5.99. The van der Waals surface area contributed by atoms with Crippen LogP contribution < -0.4 is 10.1 Å². The Balaban J connectivity index is 0.00000338. The number of aryl methyl sites for hydroxylation is 1. The molecule has 1 aromatic carbocycles. The molecular weight excluding hydrogens is 401 g/mol. The molecule has 1 N–H and O–H groups in total. The van der Waals surface area contributed by atoms with Crippen molar-refractivity contribution in [3.05, 3.63) is 34.3 Å². The van der Waals surface area contributed by atoms with Gasteiger partial charge in [-0.25, -0.2) is 4.79 Å². The molecule has 0 fully saturated rings. The van der Waals surface area contributed by atoms with Gasteiger partial charge in [-0.15, -0.1) is 17.5 Å². The highest BCUT2D eigenvalue weighted by atomic mass is 35.5. The molecular formula is C17H22Cl3N3O3. The Labute approximate surface area is 169 Å².